The van der Waals surface area contributed by atoms with E-state index in [1.807, 2.05) is 0 Å². The van der Waals surface area contributed by atoms with Gasteiger partial charge in [0.15, 0.2) is 0 Å². The van der Waals surface area contributed by atoms with Crippen LogP contribution in [0.25, 0.3) is 0 Å². The van der Waals surface area contributed by atoms with Gasteiger partial charge in [0.05, 0.1) is 0 Å². The molecular formula is C20H31BrN2. The molecule has 2 fully saturated rings. The lowest BCUT2D eigenvalue weighted by atomic mass is 9.96. The Morgan fingerprint density at radius 3 is 2.65 bits per heavy atom. The van der Waals surface area contributed by atoms with Crippen molar-refractivity contribution >= 4 is 15.9 Å². The number of likely N-dealkylation sites (tertiary alicyclic amines) is 2. The highest BCUT2D eigenvalue weighted by Gasteiger charge is 2.26. The zero-order valence-electron chi connectivity index (χ0n) is 14.5. The van der Waals surface area contributed by atoms with Crippen LogP contribution in [0.5, 0.6) is 0 Å². The quantitative estimate of drug-likeness (QED) is 0.719. The van der Waals surface area contributed by atoms with Crippen molar-refractivity contribution in [3.8, 4) is 0 Å². The predicted molar refractivity (Wildman–Crippen MR) is 102 cm³/mol. The fourth-order valence-corrected chi connectivity index (χ4v) is 4.63. The number of benzene rings is 1. The van der Waals surface area contributed by atoms with Crippen molar-refractivity contribution in [2.45, 2.75) is 57.4 Å². The molecule has 2 nitrogen and oxygen atoms in total. The number of rotatable bonds is 5. The third kappa shape index (κ3) is 5.04. The molecule has 2 atom stereocenters. The lowest BCUT2D eigenvalue weighted by Gasteiger charge is -2.41. The van der Waals surface area contributed by atoms with Gasteiger partial charge in [-0.25, -0.2) is 0 Å². The second kappa shape index (κ2) is 8.64. The maximum absolute atomic E-state index is 3.61. The van der Waals surface area contributed by atoms with Crippen LogP contribution in [0.1, 0.15) is 56.9 Å². The van der Waals surface area contributed by atoms with Crippen LogP contribution >= 0.6 is 15.9 Å². The fraction of sp³-hybridized carbons (Fsp3) is 0.700. The zero-order chi connectivity index (χ0) is 16.1. The predicted octanol–water partition coefficient (Wildman–Crippen LogP) is 4.89. The summed E-state index contributed by atoms with van der Waals surface area (Å²) in [6.07, 6.45) is 8.43. The molecule has 128 valence electrons. The Kier molecular flexibility index (Phi) is 6.55. The van der Waals surface area contributed by atoms with Crippen LogP contribution in [0.2, 0.25) is 0 Å². The van der Waals surface area contributed by atoms with Crippen molar-refractivity contribution in [2.24, 2.45) is 0 Å². The van der Waals surface area contributed by atoms with E-state index in [2.05, 4.69) is 56.9 Å². The van der Waals surface area contributed by atoms with E-state index < -0.39 is 0 Å². The van der Waals surface area contributed by atoms with Crippen LogP contribution in [0.15, 0.2) is 28.7 Å². The van der Waals surface area contributed by atoms with E-state index in [9.17, 15) is 0 Å². The molecule has 1 aromatic carbocycles. The number of hydrogen-bond donors (Lipinski definition) is 0. The zero-order valence-corrected chi connectivity index (χ0v) is 16.1. The summed E-state index contributed by atoms with van der Waals surface area (Å²) in [7, 11) is 0. The minimum Gasteiger partial charge on any atom is -0.302 e. The number of nitrogens with zero attached hydrogens (tertiary/aromatic N) is 2. The summed E-state index contributed by atoms with van der Waals surface area (Å²) in [5.74, 6) is 0.606. The Bertz CT molecular complexity index is 484. The third-order valence-corrected chi connectivity index (χ3v) is 6.09. The molecule has 3 rings (SSSR count). The molecule has 0 spiro atoms. The molecular weight excluding hydrogens is 348 g/mol. The van der Waals surface area contributed by atoms with E-state index in [1.165, 1.54) is 81.3 Å². The number of hydrogen-bond acceptors (Lipinski definition) is 2. The molecule has 0 bridgehead atoms. The van der Waals surface area contributed by atoms with Crippen LogP contribution in [0, 0.1) is 0 Å². The van der Waals surface area contributed by atoms with E-state index in [-0.39, 0.29) is 0 Å². The van der Waals surface area contributed by atoms with Crippen molar-refractivity contribution in [1.82, 2.24) is 9.80 Å². The van der Waals surface area contributed by atoms with E-state index in [4.69, 9.17) is 0 Å². The summed E-state index contributed by atoms with van der Waals surface area (Å²) < 4.78 is 1.20. The van der Waals surface area contributed by atoms with Gasteiger partial charge in [0, 0.05) is 23.6 Å². The molecule has 2 unspecified atom stereocenters. The van der Waals surface area contributed by atoms with Crippen LogP contribution in [0.3, 0.4) is 0 Å². The average molecular weight is 379 g/mol. The Labute approximate surface area is 150 Å². The van der Waals surface area contributed by atoms with E-state index in [1.54, 1.807) is 0 Å². The summed E-state index contributed by atoms with van der Waals surface area (Å²) in [5, 5.41) is 0. The van der Waals surface area contributed by atoms with Gasteiger partial charge in [-0.05, 0) is 68.9 Å². The molecule has 2 aliphatic rings. The fourth-order valence-electron chi connectivity index (χ4n) is 4.22. The summed E-state index contributed by atoms with van der Waals surface area (Å²) >= 11 is 3.61. The SMILES string of the molecule is CC(CN1CCCCC1CN1CCCCC1)c1cccc(Br)c1. The van der Waals surface area contributed by atoms with E-state index >= 15 is 0 Å². The molecule has 23 heavy (non-hydrogen) atoms. The highest BCUT2D eigenvalue weighted by molar-refractivity contribution is 9.10. The van der Waals surface area contributed by atoms with Crippen LogP contribution < -0.4 is 0 Å². The lowest BCUT2D eigenvalue weighted by Crippen LogP contribution is -2.48. The summed E-state index contributed by atoms with van der Waals surface area (Å²) in [4.78, 5) is 5.50. The highest BCUT2D eigenvalue weighted by Crippen LogP contribution is 2.25. The minimum absolute atomic E-state index is 0.606. The van der Waals surface area contributed by atoms with Gasteiger partial charge < -0.3 is 4.90 Å². The maximum atomic E-state index is 3.61. The summed E-state index contributed by atoms with van der Waals surface area (Å²) in [6, 6.07) is 9.62. The molecule has 2 saturated heterocycles. The topological polar surface area (TPSA) is 6.48 Å². The molecule has 0 aromatic heterocycles. The monoisotopic (exact) mass is 378 g/mol. The van der Waals surface area contributed by atoms with Crippen LogP contribution in [-0.2, 0) is 0 Å². The van der Waals surface area contributed by atoms with Gasteiger partial charge in [0.2, 0.25) is 0 Å². The number of halogens is 1. The van der Waals surface area contributed by atoms with Crippen molar-refractivity contribution in [3.63, 3.8) is 0 Å². The first-order chi connectivity index (χ1) is 11.2. The van der Waals surface area contributed by atoms with Crippen molar-refractivity contribution in [2.75, 3.05) is 32.7 Å². The van der Waals surface area contributed by atoms with E-state index in [0.717, 1.165) is 6.04 Å². The largest absolute Gasteiger partial charge is 0.302 e. The maximum Gasteiger partial charge on any atom is 0.0223 e. The second-order valence-corrected chi connectivity index (χ2v) is 8.38. The minimum atomic E-state index is 0.606. The summed E-state index contributed by atoms with van der Waals surface area (Å²) in [6.45, 7) is 8.82. The molecule has 0 aliphatic carbocycles. The molecule has 2 aliphatic heterocycles. The molecule has 0 saturated carbocycles. The van der Waals surface area contributed by atoms with Crippen molar-refractivity contribution in [3.05, 3.63) is 34.3 Å². The number of piperidine rings is 2. The molecule has 3 heteroatoms. The Morgan fingerprint density at radius 1 is 1.09 bits per heavy atom. The van der Waals surface area contributed by atoms with Crippen LogP contribution in [-0.4, -0.2) is 48.6 Å². The van der Waals surface area contributed by atoms with Gasteiger partial charge in [-0.3, -0.25) is 4.90 Å². The Balaban J connectivity index is 1.59. The molecule has 2 heterocycles. The van der Waals surface area contributed by atoms with Gasteiger partial charge in [-0.15, -0.1) is 0 Å². The standard InChI is InChI=1S/C20H31BrN2/c1-17(18-8-7-9-19(21)14-18)15-23-13-6-3-10-20(23)16-22-11-4-2-5-12-22/h7-9,14,17,20H,2-6,10-13,15-16H2,1H3. The van der Waals surface area contributed by atoms with Crippen molar-refractivity contribution < 1.29 is 0 Å². The Morgan fingerprint density at radius 2 is 1.87 bits per heavy atom. The van der Waals surface area contributed by atoms with Gasteiger partial charge in [0.1, 0.15) is 0 Å². The molecule has 0 N–H and O–H groups in total. The van der Waals surface area contributed by atoms with Gasteiger partial charge in [0.25, 0.3) is 0 Å². The molecule has 1 aromatic rings. The molecule has 0 radical (unpaired) electrons. The van der Waals surface area contributed by atoms with Crippen molar-refractivity contribution in [1.29, 1.82) is 0 Å². The normalized spacial score (nSPS) is 25.4. The van der Waals surface area contributed by atoms with Crippen LogP contribution in [0.4, 0.5) is 0 Å². The Hall–Kier alpha value is -0.380. The smallest absolute Gasteiger partial charge is 0.0223 e. The van der Waals surface area contributed by atoms with Gasteiger partial charge in [-0.2, -0.15) is 0 Å². The first-order valence-electron chi connectivity index (χ1n) is 9.44. The van der Waals surface area contributed by atoms with Gasteiger partial charge in [-0.1, -0.05) is 47.8 Å². The average Bonchev–Trinajstić information content (AvgIpc) is 2.57. The first-order valence-corrected chi connectivity index (χ1v) is 10.2. The second-order valence-electron chi connectivity index (χ2n) is 7.46. The highest BCUT2D eigenvalue weighted by atomic mass is 79.9. The summed E-state index contributed by atoms with van der Waals surface area (Å²) in [5.41, 5.74) is 1.46. The lowest BCUT2D eigenvalue weighted by molar-refractivity contribution is 0.0913. The third-order valence-electron chi connectivity index (χ3n) is 5.59. The van der Waals surface area contributed by atoms with Gasteiger partial charge >= 0.3 is 0 Å². The first kappa shape index (κ1) is 17.4. The van der Waals surface area contributed by atoms with E-state index in [0.29, 0.717) is 5.92 Å². The molecule has 0 amide bonds.